The minimum Gasteiger partial charge on any atom is -0.487 e. The van der Waals surface area contributed by atoms with Crippen molar-refractivity contribution in [1.29, 1.82) is 0 Å². The maximum atomic E-state index is 11.5. The lowest BCUT2D eigenvalue weighted by atomic mass is 10.0. The van der Waals surface area contributed by atoms with Crippen molar-refractivity contribution in [2.45, 2.75) is 13.0 Å². The molecule has 26 heavy (non-hydrogen) atoms. The monoisotopic (exact) mass is 384 g/mol. The number of hydrogen-bond acceptors (Lipinski definition) is 3. The number of benzene rings is 2. The summed E-state index contributed by atoms with van der Waals surface area (Å²) in [4.78, 5) is 15.8. The fourth-order valence-electron chi connectivity index (χ4n) is 2.85. The van der Waals surface area contributed by atoms with E-state index in [9.17, 15) is 4.79 Å². The lowest BCUT2D eigenvalue weighted by Gasteiger charge is -2.10. The van der Waals surface area contributed by atoms with Gasteiger partial charge in [0.15, 0.2) is 0 Å². The third kappa shape index (κ3) is 3.52. The van der Waals surface area contributed by atoms with Crippen molar-refractivity contribution in [1.82, 2.24) is 4.98 Å². The van der Waals surface area contributed by atoms with Gasteiger partial charge in [-0.3, -0.25) is 9.78 Å². The molecule has 130 valence electrons. The van der Waals surface area contributed by atoms with E-state index in [-0.39, 0.29) is 5.91 Å². The van der Waals surface area contributed by atoms with E-state index in [4.69, 9.17) is 27.9 Å². The van der Waals surface area contributed by atoms with Crippen molar-refractivity contribution >= 4 is 34.8 Å². The molecule has 6 heteroatoms. The predicted molar refractivity (Wildman–Crippen MR) is 103 cm³/mol. The topological polar surface area (TPSA) is 51.2 Å². The number of hydrogen-bond donors (Lipinski definition) is 1. The number of anilines is 1. The molecular weight excluding hydrogens is 371 g/mol. The molecule has 0 fully saturated rings. The number of fused-ring (bicyclic) bond motifs is 1. The highest BCUT2D eigenvalue weighted by atomic mass is 35.5. The van der Waals surface area contributed by atoms with Crippen LogP contribution in [-0.2, 0) is 17.8 Å². The van der Waals surface area contributed by atoms with Crippen molar-refractivity contribution in [3.63, 3.8) is 0 Å². The van der Waals surface area contributed by atoms with Gasteiger partial charge in [-0.25, -0.2) is 0 Å². The Morgan fingerprint density at radius 1 is 1.04 bits per heavy atom. The summed E-state index contributed by atoms with van der Waals surface area (Å²) in [7, 11) is 0. The second kappa shape index (κ2) is 6.98. The number of ether oxygens (including phenoxy) is 1. The van der Waals surface area contributed by atoms with Crippen LogP contribution in [0.1, 0.15) is 11.1 Å². The van der Waals surface area contributed by atoms with Crippen molar-refractivity contribution in [3.05, 3.63) is 76.0 Å². The van der Waals surface area contributed by atoms with Crippen LogP contribution in [0.5, 0.6) is 5.75 Å². The molecule has 4 nitrogen and oxygen atoms in total. The predicted octanol–water partition coefficient (Wildman–Crippen LogP) is 5.13. The number of nitrogens with one attached hydrogen (secondary N) is 1. The van der Waals surface area contributed by atoms with E-state index >= 15 is 0 Å². The molecule has 1 aliphatic rings. The van der Waals surface area contributed by atoms with Crippen LogP contribution >= 0.6 is 23.2 Å². The van der Waals surface area contributed by atoms with E-state index in [1.807, 2.05) is 30.3 Å². The van der Waals surface area contributed by atoms with Crippen LogP contribution in [0.4, 0.5) is 5.69 Å². The molecule has 2 heterocycles. The molecule has 0 atom stereocenters. The molecule has 0 spiro atoms. The quantitative estimate of drug-likeness (QED) is 0.678. The van der Waals surface area contributed by atoms with Gasteiger partial charge >= 0.3 is 0 Å². The van der Waals surface area contributed by atoms with Crippen LogP contribution < -0.4 is 10.1 Å². The molecule has 3 aromatic rings. The number of pyridine rings is 1. The lowest BCUT2D eigenvalue weighted by Crippen LogP contribution is -2.03. The van der Waals surface area contributed by atoms with E-state index < -0.39 is 0 Å². The van der Waals surface area contributed by atoms with Gasteiger partial charge in [0, 0.05) is 33.1 Å². The van der Waals surface area contributed by atoms with E-state index in [1.54, 1.807) is 24.5 Å². The Morgan fingerprint density at radius 2 is 1.92 bits per heavy atom. The molecule has 0 saturated heterocycles. The summed E-state index contributed by atoms with van der Waals surface area (Å²) in [5.74, 6) is 0.658. The molecular formula is C20H14Cl2N2O2. The molecule has 1 aliphatic heterocycles. The number of nitrogens with zero attached hydrogens (tertiary/aromatic N) is 1. The zero-order valence-corrected chi connectivity index (χ0v) is 15.1. The Hall–Kier alpha value is -2.56. The highest BCUT2D eigenvalue weighted by molar-refractivity contribution is 6.35. The van der Waals surface area contributed by atoms with Crippen molar-refractivity contribution < 1.29 is 9.53 Å². The van der Waals surface area contributed by atoms with Gasteiger partial charge in [-0.05, 0) is 35.4 Å². The Morgan fingerprint density at radius 3 is 2.77 bits per heavy atom. The number of halogens is 2. The van der Waals surface area contributed by atoms with Crippen LogP contribution in [0, 0.1) is 0 Å². The van der Waals surface area contributed by atoms with Gasteiger partial charge in [0.2, 0.25) is 5.91 Å². The number of carbonyl (C=O) groups excluding carboxylic acids is 1. The maximum Gasteiger partial charge on any atom is 0.228 e. The summed E-state index contributed by atoms with van der Waals surface area (Å²) < 4.78 is 5.82. The smallest absolute Gasteiger partial charge is 0.228 e. The van der Waals surface area contributed by atoms with Crippen molar-refractivity contribution in [2.24, 2.45) is 0 Å². The average molecular weight is 385 g/mol. The normalized spacial score (nSPS) is 12.6. The highest BCUT2D eigenvalue weighted by Crippen LogP contribution is 2.31. The van der Waals surface area contributed by atoms with Crippen LogP contribution in [0.3, 0.4) is 0 Å². The largest absolute Gasteiger partial charge is 0.487 e. The standard InChI is InChI=1S/C20H14Cl2N2O2/c21-16-4-3-14(18(22)8-16)11-26-17-5-15(9-23-10-17)12-1-2-13-7-20(25)24-19(13)6-12/h1-6,8-10H,7,11H2,(H,24,25). The first-order chi connectivity index (χ1) is 12.6. The minimum atomic E-state index is 0.0206. The lowest BCUT2D eigenvalue weighted by molar-refractivity contribution is -0.115. The second-order valence-electron chi connectivity index (χ2n) is 6.03. The molecule has 0 unspecified atom stereocenters. The van der Waals surface area contributed by atoms with Crippen LogP contribution in [0.15, 0.2) is 54.9 Å². The van der Waals surface area contributed by atoms with E-state index in [0.717, 1.165) is 27.9 Å². The molecule has 1 N–H and O–H groups in total. The minimum absolute atomic E-state index is 0.0206. The average Bonchev–Trinajstić information content (AvgIpc) is 3.00. The van der Waals surface area contributed by atoms with Gasteiger partial charge in [0.05, 0.1) is 12.6 Å². The van der Waals surface area contributed by atoms with Crippen molar-refractivity contribution in [3.8, 4) is 16.9 Å². The first kappa shape index (κ1) is 16.9. The van der Waals surface area contributed by atoms with Gasteiger partial charge in [-0.2, -0.15) is 0 Å². The molecule has 2 aromatic carbocycles. The number of aromatic nitrogens is 1. The Kier molecular flexibility index (Phi) is 4.53. The second-order valence-corrected chi connectivity index (χ2v) is 6.87. The van der Waals surface area contributed by atoms with Gasteiger partial charge in [0.25, 0.3) is 0 Å². The van der Waals surface area contributed by atoms with Crippen LogP contribution in [-0.4, -0.2) is 10.9 Å². The number of amides is 1. The summed E-state index contributed by atoms with van der Waals surface area (Å²) in [6.07, 6.45) is 3.85. The summed E-state index contributed by atoms with van der Waals surface area (Å²) in [5, 5.41) is 4.02. The Bertz CT molecular complexity index is 1000. The van der Waals surface area contributed by atoms with Gasteiger partial charge in [-0.1, -0.05) is 41.4 Å². The molecule has 0 saturated carbocycles. The maximum absolute atomic E-state index is 11.5. The molecule has 0 aliphatic carbocycles. The Labute approximate surface area is 160 Å². The fourth-order valence-corrected chi connectivity index (χ4v) is 3.31. The summed E-state index contributed by atoms with van der Waals surface area (Å²) in [6.45, 7) is 0.321. The van der Waals surface area contributed by atoms with Gasteiger partial charge < -0.3 is 10.1 Å². The zero-order valence-electron chi connectivity index (χ0n) is 13.6. The van der Waals surface area contributed by atoms with E-state index in [2.05, 4.69) is 10.3 Å². The SMILES string of the molecule is O=C1Cc2ccc(-c3cncc(OCc4ccc(Cl)cc4Cl)c3)cc2N1. The molecule has 0 bridgehead atoms. The summed E-state index contributed by atoms with van der Waals surface area (Å²) in [6, 6.07) is 13.1. The third-order valence-electron chi connectivity index (χ3n) is 4.19. The fraction of sp³-hybridized carbons (Fsp3) is 0.100. The van der Waals surface area contributed by atoms with Crippen molar-refractivity contribution in [2.75, 3.05) is 5.32 Å². The first-order valence-electron chi connectivity index (χ1n) is 8.03. The number of carbonyl (C=O) groups is 1. The molecule has 0 radical (unpaired) electrons. The van der Waals surface area contributed by atoms with E-state index in [0.29, 0.717) is 28.8 Å². The van der Waals surface area contributed by atoms with Gasteiger partial charge in [-0.15, -0.1) is 0 Å². The van der Waals surface area contributed by atoms with Crippen LogP contribution in [0.2, 0.25) is 10.0 Å². The number of rotatable bonds is 4. The van der Waals surface area contributed by atoms with Crippen LogP contribution in [0.25, 0.3) is 11.1 Å². The first-order valence-corrected chi connectivity index (χ1v) is 8.79. The molecule has 1 aromatic heterocycles. The molecule has 4 rings (SSSR count). The summed E-state index contributed by atoms with van der Waals surface area (Å²) in [5.41, 5.74) is 4.59. The Balaban J connectivity index is 1.54. The van der Waals surface area contributed by atoms with Gasteiger partial charge in [0.1, 0.15) is 12.4 Å². The third-order valence-corrected chi connectivity index (χ3v) is 4.78. The molecule has 1 amide bonds. The van der Waals surface area contributed by atoms with E-state index in [1.165, 1.54) is 0 Å². The highest BCUT2D eigenvalue weighted by Gasteiger charge is 2.17. The summed E-state index contributed by atoms with van der Waals surface area (Å²) >= 11 is 12.1. The zero-order chi connectivity index (χ0) is 18.1.